The molecule has 0 saturated heterocycles. The summed E-state index contributed by atoms with van der Waals surface area (Å²) in [5, 5.41) is 7.74. The van der Waals surface area contributed by atoms with Crippen molar-refractivity contribution < 1.29 is 0 Å². The molecule has 0 aliphatic carbocycles. The van der Waals surface area contributed by atoms with Crippen molar-refractivity contribution in [2.45, 2.75) is 33.9 Å². The molecule has 0 saturated carbocycles. The molecular weight excluding hydrogens is 230 g/mol. The zero-order valence-electron chi connectivity index (χ0n) is 10.9. The van der Waals surface area contributed by atoms with Gasteiger partial charge in [-0.3, -0.25) is 4.68 Å². The van der Waals surface area contributed by atoms with Crippen LogP contribution in [-0.2, 0) is 13.1 Å². The third-order valence-electron chi connectivity index (χ3n) is 3.12. The van der Waals surface area contributed by atoms with Gasteiger partial charge in [0.1, 0.15) is 0 Å². The molecule has 0 aromatic carbocycles. The molecule has 0 radical (unpaired) electrons. The molecule has 0 amide bonds. The zero-order valence-corrected chi connectivity index (χ0v) is 11.7. The number of nitrogens with zero attached hydrogens (tertiary/aromatic N) is 2. The first-order chi connectivity index (χ1) is 8.11. The Hall–Kier alpha value is -1.13. The van der Waals surface area contributed by atoms with Gasteiger partial charge in [-0.1, -0.05) is 0 Å². The van der Waals surface area contributed by atoms with Crippen LogP contribution in [-0.4, -0.2) is 16.8 Å². The molecule has 2 aromatic heterocycles. The number of hydrogen-bond donors (Lipinski definition) is 1. The lowest BCUT2D eigenvalue weighted by Crippen LogP contribution is -2.03. The van der Waals surface area contributed by atoms with Crippen LogP contribution in [0.1, 0.15) is 26.7 Å². The summed E-state index contributed by atoms with van der Waals surface area (Å²) in [6.45, 7) is 8.17. The van der Waals surface area contributed by atoms with Crippen molar-refractivity contribution in [3.05, 3.63) is 38.8 Å². The Morgan fingerprint density at radius 3 is 2.53 bits per heavy atom. The number of thiophene rings is 1. The van der Waals surface area contributed by atoms with E-state index in [1.165, 1.54) is 21.0 Å². The van der Waals surface area contributed by atoms with Gasteiger partial charge in [0.2, 0.25) is 0 Å². The molecule has 3 nitrogen and oxygen atoms in total. The van der Waals surface area contributed by atoms with Gasteiger partial charge in [-0.2, -0.15) is 5.10 Å². The van der Waals surface area contributed by atoms with Gasteiger partial charge in [0.15, 0.2) is 0 Å². The first-order valence-corrected chi connectivity index (χ1v) is 6.66. The summed E-state index contributed by atoms with van der Waals surface area (Å²) in [5.74, 6) is 0. The standard InChI is InChI=1S/C13H19N3S/c1-9-10(2)15-16(11(9)3)8-13-6-5-12(17-13)7-14-4/h5-6,14H,7-8H2,1-4H3. The van der Waals surface area contributed by atoms with E-state index in [4.69, 9.17) is 0 Å². The first kappa shape index (κ1) is 12.3. The van der Waals surface area contributed by atoms with Crippen molar-refractivity contribution in [2.75, 3.05) is 7.05 Å². The summed E-state index contributed by atoms with van der Waals surface area (Å²) in [6.07, 6.45) is 0. The minimum absolute atomic E-state index is 0.884. The summed E-state index contributed by atoms with van der Waals surface area (Å²) >= 11 is 1.85. The Morgan fingerprint density at radius 2 is 1.94 bits per heavy atom. The highest BCUT2D eigenvalue weighted by Crippen LogP contribution is 2.19. The molecule has 0 spiro atoms. The van der Waals surface area contributed by atoms with Crippen molar-refractivity contribution in [3.8, 4) is 0 Å². The number of hydrogen-bond acceptors (Lipinski definition) is 3. The van der Waals surface area contributed by atoms with Gasteiger partial charge in [0.05, 0.1) is 12.2 Å². The second-order valence-electron chi connectivity index (χ2n) is 4.35. The number of rotatable bonds is 4. The molecule has 0 atom stereocenters. The fraction of sp³-hybridized carbons (Fsp3) is 0.462. The predicted molar refractivity (Wildman–Crippen MR) is 72.6 cm³/mol. The Balaban J connectivity index is 2.16. The van der Waals surface area contributed by atoms with E-state index in [0.29, 0.717) is 0 Å². The second kappa shape index (κ2) is 5.02. The van der Waals surface area contributed by atoms with Crippen LogP contribution in [0.25, 0.3) is 0 Å². The minimum Gasteiger partial charge on any atom is -0.315 e. The van der Waals surface area contributed by atoms with Gasteiger partial charge in [-0.05, 0) is 45.5 Å². The maximum absolute atomic E-state index is 4.57. The Labute approximate surface area is 106 Å². The van der Waals surface area contributed by atoms with Crippen molar-refractivity contribution in [3.63, 3.8) is 0 Å². The molecule has 1 N–H and O–H groups in total. The van der Waals surface area contributed by atoms with Crippen LogP contribution in [0.4, 0.5) is 0 Å². The molecule has 17 heavy (non-hydrogen) atoms. The summed E-state index contributed by atoms with van der Waals surface area (Å²) in [7, 11) is 1.98. The molecule has 0 aliphatic rings. The monoisotopic (exact) mass is 249 g/mol. The van der Waals surface area contributed by atoms with Crippen LogP contribution in [0.15, 0.2) is 12.1 Å². The van der Waals surface area contributed by atoms with E-state index in [9.17, 15) is 0 Å². The summed E-state index contributed by atoms with van der Waals surface area (Å²) < 4.78 is 2.10. The predicted octanol–water partition coefficient (Wildman–Crippen LogP) is 2.64. The third kappa shape index (κ3) is 2.58. The minimum atomic E-state index is 0.884. The summed E-state index contributed by atoms with van der Waals surface area (Å²) in [4.78, 5) is 2.74. The average molecular weight is 249 g/mol. The van der Waals surface area contributed by atoms with E-state index in [1.54, 1.807) is 0 Å². The second-order valence-corrected chi connectivity index (χ2v) is 5.60. The highest BCUT2D eigenvalue weighted by Gasteiger charge is 2.08. The van der Waals surface area contributed by atoms with Gasteiger partial charge in [-0.25, -0.2) is 0 Å². The number of nitrogens with one attached hydrogen (secondary N) is 1. The lowest BCUT2D eigenvalue weighted by atomic mass is 10.2. The lowest BCUT2D eigenvalue weighted by molar-refractivity contribution is 0.665. The van der Waals surface area contributed by atoms with E-state index < -0.39 is 0 Å². The smallest absolute Gasteiger partial charge is 0.0755 e. The van der Waals surface area contributed by atoms with E-state index >= 15 is 0 Å². The highest BCUT2D eigenvalue weighted by molar-refractivity contribution is 7.11. The number of aryl methyl sites for hydroxylation is 1. The average Bonchev–Trinajstić information content (AvgIpc) is 2.82. The van der Waals surface area contributed by atoms with Crippen molar-refractivity contribution >= 4 is 11.3 Å². The van der Waals surface area contributed by atoms with Crippen LogP contribution >= 0.6 is 11.3 Å². The molecule has 4 heteroatoms. The third-order valence-corrected chi connectivity index (χ3v) is 4.19. The van der Waals surface area contributed by atoms with Gasteiger partial charge < -0.3 is 5.32 Å². The summed E-state index contributed by atoms with van der Waals surface area (Å²) in [6, 6.07) is 4.39. The molecule has 2 heterocycles. The van der Waals surface area contributed by atoms with Crippen LogP contribution in [0.3, 0.4) is 0 Å². The molecule has 0 aliphatic heterocycles. The Morgan fingerprint density at radius 1 is 1.24 bits per heavy atom. The Kier molecular flexibility index (Phi) is 3.64. The fourth-order valence-electron chi connectivity index (χ4n) is 1.86. The molecule has 0 unspecified atom stereocenters. The van der Waals surface area contributed by atoms with Gasteiger partial charge in [-0.15, -0.1) is 11.3 Å². The van der Waals surface area contributed by atoms with Crippen LogP contribution in [0.2, 0.25) is 0 Å². The quantitative estimate of drug-likeness (QED) is 0.902. The molecular formula is C13H19N3S. The van der Waals surface area contributed by atoms with Crippen LogP contribution < -0.4 is 5.32 Å². The fourth-order valence-corrected chi connectivity index (χ4v) is 2.88. The first-order valence-electron chi connectivity index (χ1n) is 5.84. The van der Waals surface area contributed by atoms with E-state index in [1.807, 2.05) is 18.4 Å². The molecule has 2 rings (SSSR count). The largest absolute Gasteiger partial charge is 0.315 e. The topological polar surface area (TPSA) is 29.9 Å². The Bertz CT molecular complexity index is 511. The molecule has 0 fully saturated rings. The van der Waals surface area contributed by atoms with Crippen LogP contribution in [0, 0.1) is 20.8 Å². The SMILES string of the molecule is CNCc1ccc(Cn2nc(C)c(C)c2C)s1. The van der Waals surface area contributed by atoms with E-state index in [-0.39, 0.29) is 0 Å². The molecule has 2 aromatic rings. The van der Waals surface area contributed by atoms with E-state index in [0.717, 1.165) is 18.8 Å². The van der Waals surface area contributed by atoms with Crippen molar-refractivity contribution in [2.24, 2.45) is 0 Å². The molecule has 92 valence electrons. The van der Waals surface area contributed by atoms with E-state index in [2.05, 4.69) is 48.0 Å². The normalized spacial score (nSPS) is 11.1. The maximum atomic E-state index is 4.57. The number of aromatic nitrogens is 2. The highest BCUT2D eigenvalue weighted by atomic mass is 32.1. The zero-order chi connectivity index (χ0) is 12.4. The van der Waals surface area contributed by atoms with Gasteiger partial charge >= 0.3 is 0 Å². The molecule has 0 bridgehead atoms. The van der Waals surface area contributed by atoms with Gasteiger partial charge in [0.25, 0.3) is 0 Å². The van der Waals surface area contributed by atoms with Crippen molar-refractivity contribution in [1.82, 2.24) is 15.1 Å². The van der Waals surface area contributed by atoms with Crippen LogP contribution in [0.5, 0.6) is 0 Å². The summed E-state index contributed by atoms with van der Waals surface area (Å²) in [5.41, 5.74) is 3.71. The van der Waals surface area contributed by atoms with Crippen molar-refractivity contribution in [1.29, 1.82) is 0 Å². The maximum Gasteiger partial charge on any atom is 0.0755 e. The van der Waals surface area contributed by atoms with Gasteiger partial charge in [0, 0.05) is 22.0 Å². The lowest BCUT2D eigenvalue weighted by Gasteiger charge is -2.02.